The van der Waals surface area contributed by atoms with Crippen molar-refractivity contribution < 1.29 is 18.4 Å². The van der Waals surface area contributed by atoms with Crippen molar-refractivity contribution in [2.45, 2.75) is 31.5 Å². The molecule has 0 aliphatic heterocycles. The van der Waals surface area contributed by atoms with Crippen LogP contribution in [0.2, 0.25) is 0 Å². The van der Waals surface area contributed by atoms with Crippen LogP contribution in [-0.2, 0) is 17.9 Å². The van der Waals surface area contributed by atoms with Crippen molar-refractivity contribution in [2.24, 2.45) is 0 Å². The predicted molar refractivity (Wildman–Crippen MR) is 106 cm³/mol. The van der Waals surface area contributed by atoms with Crippen LogP contribution in [0.3, 0.4) is 0 Å². The zero-order valence-corrected chi connectivity index (χ0v) is 18.0. The maximum absolute atomic E-state index is 13.6. The zero-order chi connectivity index (χ0) is 19.0. The zero-order valence-electron chi connectivity index (χ0n) is 15.4. The molecule has 0 fully saturated rings. The Balaban J connectivity index is 2.58. The van der Waals surface area contributed by atoms with E-state index in [0.29, 0.717) is 12.0 Å². The van der Waals surface area contributed by atoms with Gasteiger partial charge in [-0.25, -0.2) is 0 Å². The molecule has 0 aromatic heterocycles. The van der Waals surface area contributed by atoms with Gasteiger partial charge in [-0.15, -0.1) is 0 Å². The second kappa shape index (κ2) is 9.64. The molecule has 0 saturated carbocycles. The molecule has 4 nitrogen and oxygen atoms in total. The first-order valence-corrected chi connectivity index (χ1v) is 13.4. The molecule has 2 rings (SSSR count). The molecule has 1 atom stereocenters. The molecule has 0 heterocycles. The molecule has 0 saturated heterocycles. The standard InChI is InChI=1S/C20H25O4PSe/c1-4-20(18-15-11-8-12-16-18,19(21)17-13-9-7-10-14-17)26-25(22,23-5-2)24-6-3/h7-16H,4-6H2,1-3H3. The van der Waals surface area contributed by atoms with Crippen molar-refractivity contribution in [3.63, 3.8) is 0 Å². The number of hydrogen-bond acceptors (Lipinski definition) is 4. The normalized spacial score (nSPS) is 14.0. The molecule has 0 spiro atoms. The first-order valence-electron chi connectivity index (χ1n) is 8.76. The average molecular weight is 439 g/mol. The molecule has 0 radical (unpaired) electrons. The average Bonchev–Trinajstić information content (AvgIpc) is 2.67. The van der Waals surface area contributed by atoms with Gasteiger partial charge in [0.2, 0.25) is 0 Å². The van der Waals surface area contributed by atoms with E-state index in [4.69, 9.17) is 9.05 Å². The fourth-order valence-electron chi connectivity index (χ4n) is 2.78. The van der Waals surface area contributed by atoms with E-state index < -0.39 is 25.1 Å². The van der Waals surface area contributed by atoms with E-state index in [2.05, 4.69) is 0 Å². The van der Waals surface area contributed by atoms with Gasteiger partial charge >= 0.3 is 162 Å². The van der Waals surface area contributed by atoms with Crippen molar-refractivity contribution in [3.8, 4) is 0 Å². The summed E-state index contributed by atoms with van der Waals surface area (Å²) in [6.07, 6.45) is -2.83. The van der Waals surface area contributed by atoms with E-state index >= 15 is 0 Å². The van der Waals surface area contributed by atoms with Crippen LogP contribution in [0.4, 0.5) is 0 Å². The number of hydrogen-bond donors (Lipinski definition) is 0. The fraction of sp³-hybridized carbons (Fsp3) is 0.350. The Hall–Kier alpha value is -1.22. The number of Topliss-reactive ketones (excluding diaryl/α,β-unsaturated/α-hetero) is 1. The Kier molecular flexibility index (Phi) is 7.82. The van der Waals surface area contributed by atoms with Crippen molar-refractivity contribution >= 4 is 26.6 Å². The molecular weight excluding hydrogens is 414 g/mol. The molecule has 0 aliphatic carbocycles. The Labute approximate surface area is 161 Å². The molecular formula is C20H25O4PSe. The van der Waals surface area contributed by atoms with Gasteiger partial charge in [0.25, 0.3) is 0 Å². The first-order chi connectivity index (χ1) is 12.5. The van der Waals surface area contributed by atoms with Crippen molar-refractivity contribution in [2.75, 3.05) is 13.2 Å². The summed E-state index contributed by atoms with van der Waals surface area (Å²) in [6.45, 7) is 6.10. The number of ketones is 1. The SMILES string of the molecule is CCOP(=O)(OCC)[Se]C(CC)(C(=O)c1ccccc1)c1ccccc1. The number of rotatable bonds is 10. The topological polar surface area (TPSA) is 52.6 Å². The molecule has 2 aromatic carbocycles. The number of carbonyl (C=O) groups excluding carboxylic acids is 1. The van der Waals surface area contributed by atoms with Gasteiger partial charge in [0, 0.05) is 0 Å². The summed E-state index contributed by atoms with van der Waals surface area (Å²) in [5, 5.41) is 0. The molecule has 1 unspecified atom stereocenters. The third-order valence-electron chi connectivity index (χ3n) is 3.98. The van der Waals surface area contributed by atoms with Crippen LogP contribution in [0.25, 0.3) is 0 Å². The van der Waals surface area contributed by atoms with Crippen molar-refractivity contribution in [1.29, 1.82) is 0 Å². The van der Waals surface area contributed by atoms with Crippen LogP contribution < -0.4 is 0 Å². The van der Waals surface area contributed by atoms with Gasteiger partial charge < -0.3 is 0 Å². The molecule has 0 N–H and O–H groups in total. The Bertz CT molecular complexity index is 741. The minimum absolute atomic E-state index is 0.0357. The summed E-state index contributed by atoms with van der Waals surface area (Å²) in [4.78, 5) is 13.6. The van der Waals surface area contributed by atoms with Crippen molar-refractivity contribution in [3.05, 3.63) is 71.8 Å². The summed E-state index contributed by atoms with van der Waals surface area (Å²) in [5.74, 6) is -0.0357. The van der Waals surface area contributed by atoms with E-state index in [1.807, 2.05) is 55.5 Å². The molecule has 2 aromatic rings. The molecule has 6 heteroatoms. The monoisotopic (exact) mass is 440 g/mol. The van der Waals surface area contributed by atoms with Crippen LogP contribution >= 0.6 is 6.29 Å². The van der Waals surface area contributed by atoms with Gasteiger partial charge in [0.15, 0.2) is 0 Å². The maximum atomic E-state index is 13.6. The minimum atomic E-state index is -3.36. The fourth-order valence-corrected chi connectivity index (χ4v) is 11.2. The van der Waals surface area contributed by atoms with Gasteiger partial charge in [0.1, 0.15) is 0 Å². The Morgan fingerprint density at radius 2 is 1.42 bits per heavy atom. The second-order valence-corrected chi connectivity index (χ2v) is 12.6. The summed E-state index contributed by atoms with van der Waals surface area (Å²) in [6, 6.07) is 18.7. The molecule has 0 bridgehead atoms. The summed E-state index contributed by atoms with van der Waals surface area (Å²) >= 11 is -0.713. The van der Waals surface area contributed by atoms with Crippen LogP contribution in [0.15, 0.2) is 60.7 Å². The number of carbonyl (C=O) groups is 1. The van der Waals surface area contributed by atoms with Crippen LogP contribution in [0, 0.1) is 0 Å². The molecule has 0 amide bonds. The Morgan fingerprint density at radius 1 is 0.923 bits per heavy atom. The summed E-state index contributed by atoms with van der Waals surface area (Å²) < 4.78 is 23.5. The first kappa shape index (κ1) is 21.1. The van der Waals surface area contributed by atoms with E-state index in [0.717, 1.165) is 5.56 Å². The summed E-state index contributed by atoms with van der Waals surface area (Å²) in [5.41, 5.74) is 1.47. The third-order valence-corrected chi connectivity index (χ3v) is 11.9. The van der Waals surface area contributed by atoms with Gasteiger partial charge in [-0.05, 0) is 0 Å². The number of benzene rings is 2. The van der Waals surface area contributed by atoms with E-state index in [9.17, 15) is 9.36 Å². The van der Waals surface area contributed by atoms with Crippen LogP contribution in [-0.4, -0.2) is 33.5 Å². The van der Waals surface area contributed by atoms with E-state index in [1.54, 1.807) is 26.0 Å². The quantitative estimate of drug-likeness (QED) is 0.295. The summed E-state index contributed by atoms with van der Waals surface area (Å²) in [7, 11) is 0. The third kappa shape index (κ3) is 4.73. The predicted octanol–water partition coefficient (Wildman–Crippen LogP) is 5.06. The van der Waals surface area contributed by atoms with Gasteiger partial charge in [-0.1, -0.05) is 0 Å². The van der Waals surface area contributed by atoms with Gasteiger partial charge in [0.05, 0.1) is 0 Å². The Morgan fingerprint density at radius 3 is 1.88 bits per heavy atom. The molecule has 140 valence electrons. The molecule has 26 heavy (non-hydrogen) atoms. The van der Waals surface area contributed by atoms with Crippen LogP contribution in [0.1, 0.15) is 43.1 Å². The van der Waals surface area contributed by atoms with Crippen LogP contribution in [0.5, 0.6) is 0 Å². The molecule has 0 aliphatic rings. The van der Waals surface area contributed by atoms with Crippen molar-refractivity contribution in [1.82, 2.24) is 0 Å². The van der Waals surface area contributed by atoms with Gasteiger partial charge in [-0.3, -0.25) is 0 Å². The van der Waals surface area contributed by atoms with E-state index in [-0.39, 0.29) is 19.0 Å². The van der Waals surface area contributed by atoms with Gasteiger partial charge in [-0.2, -0.15) is 0 Å². The van der Waals surface area contributed by atoms with E-state index in [1.165, 1.54) is 0 Å². The second-order valence-electron chi connectivity index (χ2n) is 5.62.